The lowest BCUT2D eigenvalue weighted by molar-refractivity contribution is -0.129. The van der Waals surface area contributed by atoms with Gasteiger partial charge in [0.25, 0.3) is 0 Å². The summed E-state index contributed by atoms with van der Waals surface area (Å²) in [5.74, 6) is 0.569. The van der Waals surface area contributed by atoms with Crippen LogP contribution in [0.2, 0.25) is 0 Å². The summed E-state index contributed by atoms with van der Waals surface area (Å²) < 4.78 is 18.8. The third kappa shape index (κ3) is 12.5. The lowest BCUT2D eigenvalue weighted by atomic mass is 10.0. The monoisotopic (exact) mass is 589 g/mol. The first-order chi connectivity index (χ1) is 18.9. The lowest BCUT2D eigenvalue weighted by Crippen LogP contribution is -2.56. The number of ether oxygens (including phenoxy) is 2. The molecular formula is C29H36ClN3O6S. The molecule has 3 atom stereocenters. The molecule has 0 aromatic heterocycles. The maximum atomic E-state index is 13.2. The van der Waals surface area contributed by atoms with Crippen LogP contribution in [0.15, 0.2) is 84.9 Å². The van der Waals surface area contributed by atoms with Crippen LogP contribution in [0, 0.1) is 0 Å². The van der Waals surface area contributed by atoms with Gasteiger partial charge < -0.3 is 30.5 Å². The Kier molecular flexibility index (Phi) is 16.8. The first-order valence-corrected chi connectivity index (χ1v) is 12.8. The van der Waals surface area contributed by atoms with Crippen molar-refractivity contribution in [1.29, 1.82) is 0 Å². The maximum Gasteiger partial charge on any atom is 0.246 e. The number of amides is 2. The summed E-state index contributed by atoms with van der Waals surface area (Å²) >= 11 is 2.83. The smallest absolute Gasteiger partial charge is 0.246 e. The summed E-state index contributed by atoms with van der Waals surface area (Å²) in [4.78, 5) is 25.0. The number of carbonyl (C=O) groups excluding carboxylic acids is 2. The number of halogens is 1. The van der Waals surface area contributed by atoms with Crippen molar-refractivity contribution in [1.82, 2.24) is 16.0 Å². The highest BCUT2D eigenvalue weighted by atomic mass is 35.5. The van der Waals surface area contributed by atoms with Gasteiger partial charge in [0.15, 0.2) is 12.5 Å². The van der Waals surface area contributed by atoms with Gasteiger partial charge in [-0.1, -0.05) is 60.7 Å². The Morgan fingerprint density at radius 3 is 2.10 bits per heavy atom. The van der Waals surface area contributed by atoms with Crippen molar-refractivity contribution in [2.24, 2.45) is 0 Å². The second kappa shape index (κ2) is 19.5. The Balaban J connectivity index is 0.00000261. The van der Waals surface area contributed by atoms with E-state index < -0.39 is 24.1 Å². The van der Waals surface area contributed by atoms with E-state index in [1.165, 1.54) is 6.92 Å². The molecule has 0 saturated heterocycles. The van der Waals surface area contributed by atoms with Crippen molar-refractivity contribution in [2.75, 3.05) is 20.3 Å². The van der Waals surface area contributed by atoms with Gasteiger partial charge in [0.2, 0.25) is 11.8 Å². The third-order valence-corrected chi connectivity index (χ3v) is 5.76. The number of aliphatic hydroxyl groups excluding tert-OH is 1. The van der Waals surface area contributed by atoms with Crippen molar-refractivity contribution in [3.05, 3.63) is 96.1 Å². The molecule has 3 rings (SSSR count). The number of hydrogen-bond acceptors (Lipinski definition) is 8. The van der Waals surface area contributed by atoms with Crippen molar-refractivity contribution in [2.45, 2.75) is 38.1 Å². The normalized spacial score (nSPS) is 12.3. The summed E-state index contributed by atoms with van der Waals surface area (Å²) in [5, 5.41) is 19.9. The number of rotatable bonds is 14. The molecule has 0 bridgehead atoms. The van der Waals surface area contributed by atoms with E-state index in [-0.39, 0.29) is 31.5 Å². The molecule has 0 spiro atoms. The summed E-state index contributed by atoms with van der Waals surface area (Å²) in [6.07, 6.45) is -0.469. The van der Waals surface area contributed by atoms with Crippen LogP contribution in [0.5, 0.6) is 11.5 Å². The topological polar surface area (TPSA) is 126 Å². The largest absolute Gasteiger partial charge is 0.497 e. The van der Waals surface area contributed by atoms with Crippen molar-refractivity contribution in [3.8, 4) is 11.5 Å². The molecule has 2 amide bonds. The average Bonchev–Trinajstić information content (AvgIpc) is 2.97. The van der Waals surface area contributed by atoms with Gasteiger partial charge >= 0.3 is 0 Å². The number of carbonyl (C=O) groups is 2. The van der Waals surface area contributed by atoms with Gasteiger partial charge in [0.1, 0.15) is 24.1 Å². The fraction of sp³-hybridized carbons (Fsp3) is 0.310. The predicted octanol–water partition coefficient (Wildman–Crippen LogP) is 2.54. The summed E-state index contributed by atoms with van der Waals surface area (Å²) in [6.45, 7) is 2.08. The van der Waals surface area contributed by atoms with Crippen LogP contribution in [0.3, 0.4) is 0 Å². The first-order valence-electron chi connectivity index (χ1n) is 12.4. The highest BCUT2D eigenvalue weighted by Crippen LogP contribution is 2.13. The SMILES string of the molecule is COc1cccc(CNC[C@@H](O)[C@H](Cc2ccccc2)NC(=O)C(COc2ccccc2)NC(C)=O)c1.Cl.O=S. The minimum Gasteiger partial charge on any atom is -0.497 e. The number of nitrogens with one attached hydrogen (secondary N) is 3. The summed E-state index contributed by atoms with van der Waals surface area (Å²) in [7, 11) is 1.62. The highest BCUT2D eigenvalue weighted by Gasteiger charge is 2.27. The van der Waals surface area contributed by atoms with Gasteiger partial charge in [-0.15, -0.1) is 12.4 Å². The fourth-order valence-electron chi connectivity index (χ4n) is 3.85. The number of aliphatic hydroxyl groups is 1. The van der Waals surface area contributed by atoms with Crippen LogP contribution in [-0.2, 0) is 35.1 Å². The Morgan fingerprint density at radius 2 is 1.48 bits per heavy atom. The second-order valence-corrected chi connectivity index (χ2v) is 8.73. The minimum atomic E-state index is -0.923. The molecule has 0 saturated carbocycles. The minimum absolute atomic E-state index is 0. The molecule has 1 unspecified atom stereocenters. The van der Waals surface area contributed by atoms with E-state index in [1.807, 2.05) is 72.8 Å². The predicted molar refractivity (Wildman–Crippen MR) is 158 cm³/mol. The van der Waals surface area contributed by atoms with E-state index >= 15 is 0 Å². The molecule has 0 aliphatic heterocycles. The van der Waals surface area contributed by atoms with E-state index in [1.54, 1.807) is 19.2 Å². The van der Waals surface area contributed by atoms with E-state index in [0.717, 1.165) is 16.9 Å². The molecule has 0 fully saturated rings. The molecule has 3 aromatic carbocycles. The Hall–Kier alpha value is -3.57. The highest BCUT2D eigenvalue weighted by molar-refractivity contribution is 7.44. The van der Waals surface area contributed by atoms with Gasteiger partial charge in [-0.2, -0.15) is 4.21 Å². The Morgan fingerprint density at radius 1 is 0.875 bits per heavy atom. The third-order valence-electron chi connectivity index (χ3n) is 5.76. The molecule has 4 N–H and O–H groups in total. The zero-order chi connectivity index (χ0) is 28.5. The molecule has 40 heavy (non-hydrogen) atoms. The zero-order valence-corrected chi connectivity index (χ0v) is 24.1. The number of para-hydroxylation sites is 1. The van der Waals surface area contributed by atoms with Gasteiger partial charge in [-0.05, 0) is 41.8 Å². The van der Waals surface area contributed by atoms with Crippen LogP contribution in [-0.4, -0.2) is 59.6 Å². The molecule has 11 heteroatoms. The van der Waals surface area contributed by atoms with E-state index in [9.17, 15) is 14.7 Å². The van der Waals surface area contributed by atoms with E-state index in [4.69, 9.17) is 13.7 Å². The second-order valence-electron chi connectivity index (χ2n) is 8.73. The molecule has 3 aromatic rings. The number of methoxy groups -OCH3 is 1. The van der Waals surface area contributed by atoms with Gasteiger partial charge in [-0.25, -0.2) is 0 Å². The number of hydrogen-bond donors (Lipinski definition) is 4. The molecule has 9 nitrogen and oxygen atoms in total. The summed E-state index contributed by atoms with van der Waals surface area (Å²) in [5.41, 5.74) is 1.98. The summed E-state index contributed by atoms with van der Waals surface area (Å²) in [6, 6.07) is 24.8. The Bertz CT molecular complexity index is 1140. The van der Waals surface area contributed by atoms with Crippen LogP contribution in [0.1, 0.15) is 18.1 Å². The van der Waals surface area contributed by atoms with E-state index in [0.29, 0.717) is 18.7 Å². The Labute approximate surface area is 246 Å². The molecule has 216 valence electrons. The lowest BCUT2D eigenvalue weighted by Gasteiger charge is -2.27. The number of benzene rings is 3. The first kappa shape index (κ1) is 34.5. The zero-order valence-electron chi connectivity index (χ0n) is 22.4. The molecular weight excluding hydrogens is 554 g/mol. The van der Waals surface area contributed by atoms with Crippen LogP contribution < -0.4 is 25.4 Å². The standard InChI is InChI=1S/C29H35N3O5.ClH.OS/c1-21(33)31-27(20-37-24-13-7-4-8-14-24)29(35)32-26(17-22-10-5-3-6-11-22)28(34)19-30-18-23-12-9-15-25(16-23)36-2;;1-2/h3-16,26-28,30,34H,17-20H2,1-2H3,(H,31,33)(H,32,35);1H;/t26-,27?,28+;;/m0../s1. The molecule has 0 heterocycles. The van der Waals surface area contributed by atoms with Crippen molar-refractivity contribution < 1.29 is 28.4 Å². The quantitative estimate of drug-likeness (QED) is 0.226. The maximum absolute atomic E-state index is 13.2. The van der Waals surface area contributed by atoms with Gasteiger partial charge in [0, 0.05) is 20.0 Å². The van der Waals surface area contributed by atoms with Crippen molar-refractivity contribution in [3.63, 3.8) is 0 Å². The van der Waals surface area contributed by atoms with Crippen molar-refractivity contribution >= 4 is 36.8 Å². The van der Waals surface area contributed by atoms with Gasteiger partial charge in [-0.3, -0.25) is 9.59 Å². The van der Waals surface area contributed by atoms with Crippen LogP contribution >= 0.6 is 12.4 Å². The van der Waals surface area contributed by atoms with E-state index in [2.05, 4.69) is 28.5 Å². The molecule has 0 aliphatic rings. The average molecular weight is 590 g/mol. The molecule has 0 aliphatic carbocycles. The van der Waals surface area contributed by atoms with Crippen LogP contribution in [0.25, 0.3) is 0 Å². The fourth-order valence-corrected chi connectivity index (χ4v) is 3.85. The molecule has 0 radical (unpaired) electrons. The van der Waals surface area contributed by atoms with Gasteiger partial charge in [0.05, 0.1) is 19.3 Å². The van der Waals surface area contributed by atoms with Crippen LogP contribution in [0.4, 0.5) is 0 Å².